The number of benzene rings is 2. The van der Waals surface area contributed by atoms with Crippen molar-refractivity contribution in [2.24, 2.45) is 33.5 Å². The van der Waals surface area contributed by atoms with E-state index in [9.17, 15) is 18.0 Å². The quantitative estimate of drug-likeness (QED) is 0.335. The Hall–Kier alpha value is -2.31. The van der Waals surface area contributed by atoms with Gasteiger partial charge in [-0.1, -0.05) is 125 Å². The van der Waals surface area contributed by atoms with E-state index in [1.807, 2.05) is 13.8 Å². The predicted molar refractivity (Wildman–Crippen MR) is 186 cm³/mol. The number of hydrogen-bond acceptors (Lipinski definition) is 4. The third-order valence-corrected chi connectivity index (χ3v) is 14.4. The van der Waals surface area contributed by atoms with E-state index < -0.39 is 26.7 Å². The van der Waals surface area contributed by atoms with Gasteiger partial charge in [-0.2, -0.15) is 8.42 Å². The number of rotatable bonds is 4. The van der Waals surface area contributed by atoms with Gasteiger partial charge < -0.3 is 0 Å². The summed E-state index contributed by atoms with van der Waals surface area (Å²) in [5, 5.41) is 0. The summed E-state index contributed by atoms with van der Waals surface area (Å²) in [4.78, 5) is 26.3. The Morgan fingerprint density at radius 3 is 1.48 bits per heavy atom. The Morgan fingerprint density at radius 2 is 1.17 bits per heavy atom. The summed E-state index contributed by atoms with van der Waals surface area (Å²) in [5.41, 5.74) is 3.22. The lowest BCUT2D eigenvalue weighted by atomic mass is 9.61. The Morgan fingerprint density at radius 1 is 0.717 bits per heavy atom. The van der Waals surface area contributed by atoms with E-state index in [-0.39, 0.29) is 38.8 Å². The molecule has 46 heavy (non-hydrogen) atoms. The molecule has 2 aromatic carbocycles. The van der Waals surface area contributed by atoms with Gasteiger partial charge in [0.15, 0.2) is 5.78 Å². The zero-order chi connectivity index (χ0) is 34.5. The topological polar surface area (TPSA) is 88.5 Å². The molecule has 6 heteroatoms. The predicted octanol–water partition coefficient (Wildman–Crippen LogP) is 8.86. The second kappa shape index (κ2) is 10.6. The summed E-state index contributed by atoms with van der Waals surface area (Å²) in [6.07, 6.45) is 4.09. The average Bonchev–Trinajstić information content (AvgIpc) is 3.43. The molecule has 4 aliphatic carbocycles. The third kappa shape index (κ3) is 4.98. The fourth-order valence-corrected chi connectivity index (χ4v) is 11.3. The highest BCUT2D eigenvalue weighted by Crippen LogP contribution is 2.72. The number of carbonyl (C=O) groups excluding carboxylic acids is 2. The molecular formula is C40H56O5S. The van der Waals surface area contributed by atoms with E-state index in [1.165, 1.54) is 22.3 Å². The molecule has 252 valence electrons. The Bertz CT molecular complexity index is 1580. The van der Waals surface area contributed by atoms with Crippen molar-refractivity contribution in [3.05, 3.63) is 70.8 Å². The Kier molecular flexibility index (Phi) is 8.06. The maximum absolute atomic E-state index is 14.4. The molecule has 4 atom stereocenters. The monoisotopic (exact) mass is 648 g/mol. The molecule has 0 spiro atoms. The summed E-state index contributed by atoms with van der Waals surface area (Å²) in [6.45, 7) is 24.3. The molecule has 0 amide bonds. The van der Waals surface area contributed by atoms with Crippen LogP contribution in [0.15, 0.2) is 48.5 Å². The highest BCUT2D eigenvalue weighted by atomic mass is 32.2. The van der Waals surface area contributed by atoms with Gasteiger partial charge in [0.1, 0.15) is 5.78 Å². The molecule has 4 bridgehead atoms. The van der Waals surface area contributed by atoms with Crippen molar-refractivity contribution < 1.29 is 22.6 Å². The van der Waals surface area contributed by atoms with Crippen LogP contribution in [0.4, 0.5) is 0 Å². The van der Waals surface area contributed by atoms with Crippen LogP contribution in [0.5, 0.6) is 0 Å². The van der Waals surface area contributed by atoms with E-state index in [0.29, 0.717) is 24.5 Å². The van der Waals surface area contributed by atoms with Crippen LogP contribution in [0.2, 0.25) is 0 Å². The molecule has 0 saturated heterocycles. The first-order valence-corrected chi connectivity index (χ1v) is 18.7. The minimum Gasteiger partial charge on any atom is -0.299 e. The van der Waals surface area contributed by atoms with Gasteiger partial charge in [0.25, 0.3) is 10.1 Å². The van der Waals surface area contributed by atoms with E-state index in [4.69, 9.17) is 4.55 Å². The normalized spacial score (nSPS) is 30.8. The summed E-state index contributed by atoms with van der Waals surface area (Å²) in [6, 6.07) is 18.0. The molecule has 5 nitrogen and oxygen atoms in total. The fourth-order valence-electron chi connectivity index (χ4n) is 9.97. The van der Waals surface area contributed by atoms with Crippen molar-refractivity contribution in [1.29, 1.82) is 0 Å². The lowest BCUT2D eigenvalue weighted by molar-refractivity contribution is -0.132. The third-order valence-electron chi connectivity index (χ3n) is 13.6. The summed E-state index contributed by atoms with van der Waals surface area (Å²) >= 11 is 0. The van der Waals surface area contributed by atoms with Crippen LogP contribution >= 0.6 is 0 Å². The van der Waals surface area contributed by atoms with E-state index in [0.717, 1.165) is 19.3 Å². The largest absolute Gasteiger partial charge is 0.299 e. The van der Waals surface area contributed by atoms with Gasteiger partial charge in [-0.3, -0.25) is 14.1 Å². The molecule has 1 N–H and O–H groups in total. The minimum absolute atomic E-state index is 0.0152. The van der Waals surface area contributed by atoms with Crippen LogP contribution in [0.3, 0.4) is 0 Å². The van der Waals surface area contributed by atoms with Crippen molar-refractivity contribution in [1.82, 2.24) is 0 Å². The molecule has 0 aromatic heterocycles. The van der Waals surface area contributed by atoms with E-state index in [1.54, 1.807) is 0 Å². The van der Waals surface area contributed by atoms with E-state index in [2.05, 4.69) is 111 Å². The van der Waals surface area contributed by atoms with Crippen LogP contribution in [0, 0.1) is 33.5 Å². The number of carbonyl (C=O) groups is 2. The fraction of sp³-hybridized carbons (Fsp3) is 0.650. The average molecular weight is 649 g/mol. The van der Waals surface area contributed by atoms with Crippen LogP contribution in [0.1, 0.15) is 131 Å². The SMILES string of the molecule is CC(C)(C)c1ccc(C2(c3ccc(C(C)(C)C)cc3)C(=O)C3(C)CCC2C3(C)C)cc1.CC1(C)C2CCC1(CS(=O)(=O)O)C(=O)C2. The van der Waals surface area contributed by atoms with Crippen molar-refractivity contribution in [3.8, 4) is 0 Å². The maximum atomic E-state index is 14.4. The van der Waals surface area contributed by atoms with Crippen LogP contribution in [-0.4, -0.2) is 30.3 Å². The van der Waals surface area contributed by atoms with Crippen LogP contribution < -0.4 is 0 Å². The Labute approximate surface area is 278 Å². The summed E-state index contributed by atoms with van der Waals surface area (Å²) < 4.78 is 31.0. The highest BCUT2D eigenvalue weighted by Gasteiger charge is 2.73. The molecule has 4 saturated carbocycles. The molecule has 4 unspecified atom stereocenters. The van der Waals surface area contributed by atoms with Crippen LogP contribution in [-0.2, 0) is 36.0 Å². The van der Waals surface area contributed by atoms with Gasteiger partial charge in [-0.05, 0) is 81.4 Å². The number of fused-ring (bicyclic) bond motifs is 4. The molecular weight excluding hydrogens is 593 g/mol. The first-order chi connectivity index (χ1) is 20.9. The standard InChI is InChI=1S/C30H40O.C10H16O4S/c1-26(2,3)20-10-14-22(15-11-20)30(23-16-12-21(13-17-23)27(4,5)6)24-18-19-29(9,25(30)31)28(24,7)8;1-9(2)7-3-4-10(9,8(11)5-7)6-15(12,13)14/h10-17,24H,18-19H2,1-9H3;7H,3-6H2,1-2H3,(H,12,13,14). The molecule has 0 radical (unpaired) electrons. The zero-order valence-electron chi connectivity index (χ0n) is 30.0. The van der Waals surface area contributed by atoms with Crippen LogP contribution in [0.25, 0.3) is 0 Å². The number of hydrogen-bond donors (Lipinski definition) is 1. The first kappa shape index (κ1) is 35.0. The summed E-state index contributed by atoms with van der Waals surface area (Å²) in [5.74, 6) is 0.641. The second-order valence-electron chi connectivity index (χ2n) is 18.3. The molecule has 6 rings (SSSR count). The van der Waals surface area contributed by atoms with Gasteiger partial charge >= 0.3 is 0 Å². The van der Waals surface area contributed by atoms with Gasteiger partial charge in [0.05, 0.1) is 16.6 Å². The smallest absolute Gasteiger partial charge is 0.265 e. The molecule has 0 heterocycles. The summed E-state index contributed by atoms with van der Waals surface area (Å²) in [7, 11) is -4.08. The first-order valence-electron chi connectivity index (χ1n) is 17.1. The second-order valence-corrected chi connectivity index (χ2v) is 19.8. The van der Waals surface area contributed by atoms with E-state index >= 15 is 0 Å². The number of Topliss-reactive ketones (excluding diaryl/α,β-unsaturated/α-hetero) is 2. The maximum Gasteiger partial charge on any atom is 0.265 e. The molecule has 2 aromatic rings. The molecule has 0 aliphatic heterocycles. The zero-order valence-corrected chi connectivity index (χ0v) is 30.8. The van der Waals surface area contributed by atoms with Gasteiger partial charge in [-0.15, -0.1) is 0 Å². The minimum atomic E-state index is -4.08. The lowest BCUT2D eigenvalue weighted by Crippen LogP contribution is -2.45. The van der Waals surface area contributed by atoms with Gasteiger partial charge in [0, 0.05) is 11.8 Å². The lowest BCUT2D eigenvalue weighted by Gasteiger charge is -2.40. The van der Waals surface area contributed by atoms with Gasteiger partial charge in [-0.25, -0.2) is 0 Å². The molecule has 4 fully saturated rings. The van der Waals surface area contributed by atoms with Crippen molar-refractivity contribution in [3.63, 3.8) is 0 Å². The van der Waals surface area contributed by atoms with Crippen molar-refractivity contribution >= 4 is 21.7 Å². The highest BCUT2D eigenvalue weighted by molar-refractivity contribution is 7.85. The number of ketones is 2. The van der Waals surface area contributed by atoms with Crippen molar-refractivity contribution in [2.75, 3.05) is 5.75 Å². The molecule has 4 aliphatic rings. The van der Waals surface area contributed by atoms with Crippen molar-refractivity contribution in [2.45, 2.75) is 125 Å². The Balaban J connectivity index is 0.000000232. The van der Waals surface area contributed by atoms with Gasteiger partial charge in [0.2, 0.25) is 0 Å².